The van der Waals surface area contributed by atoms with Gasteiger partial charge in [0, 0.05) is 19.1 Å². The highest BCUT2D eigenvalue weighted by Crippen LogP contribution is 2.30. The van der Waals surface area contributed by atoms with Crippen LogP contribution >= 0.6 is 0 Å². The number of nitrogens with two attached hydrogens (primary N) is 1. The molecule has 21 heavy (non-hydrogen) atoms. The van der Waals surface area contributed by atoms with Gasteiger partial charge in [0.1, 0.15) is 5.75 Å². The summed E-state index contributed by atoms with van der Waals surface area (Å²) in [6.45, 7) is 13.5. The van der Waals surface area contributed by atoms with Crippen molar-refractivity contribution in [2.75, 3.05) is 20.2 Å². The third kappa shape index (κ3) is 4.19. The van der Waals surface area contributed by atoms with Gasteiger partial charge < -0.3 is 10.5 Å². The molecule has 2 N–H and O–H groups in total. The van der Waals surface area contributed by atoms with Crippen LogP contribution < -0.4 is 10.5 Å². The summed E-state index contributed by atoms with van der Waals surface area (Å²) in [6, 6.07) is 8.19. The quantitative estimate of drug-likeness (QED) is 0.708. The van der Waals surface area contributed by atoms with Gasteiger partial charge in [0.15, 0.2) is 0 Å². The van der Waals surface area contributed by atoms with Gasteiger partial charge in [0.25, 0.3) is 0 Å². The van der Waals surface area contributed by atoms with Gasteiger partial charge in [0.2, 0.25) is 0 Å². The van der Waals surface area contributed by atoms with Crippen LogP contribution in [-0.2, 0) is 5.54 Å². The lowest BCUT2D eigenvalue weighted by molar-refractivity contribution is 0.149. The van der Waals surface area contributed by atoms with Gasteiger partial charge in [0.05, 0.1) is 12.6 Å². The fourth-order valence-corrected chi connectivity index (χ4v) is 2.87. The van der Waals surface area contributed by atoms with E-state index in [2.05, 4.69) is 38.0 Å². The van der Waals surface area contributed by atoms with Crippen molar-refractivity contribution in [3.8, 4) is 5.75 Å². The Morgan fingerprint density at radius 1 is 1.33 bits per heavy atom. The van der Waals surface area contributed by atoms with Crippen LogP contribution in [0, 0.1) is 0 Å². The molecule has 0 fully saturated rings. The maximum atomic E-state index is 6.71. The number of hydrogen-bond acceptors (Lipinski definition) is 3. The molecule has 2 atom stereocenters. The summed E-state index contributed by atoms with van der Waals surface area (Å²) in [5, 5.41) is 0. The Kier molecular flexibility index (Phi) is 6.66. The maximum absolute atomic E-state index is 6.71. The minimum absolute atomic E-state index is 0.195. The molecule has 0 aliphatic rings. The van der Waals surface area contributed by atoms with E-state index in [4.69, 9.17) is 10.5 Å². The monoisotopic (exact) mass is 288 g/mol. The van der Waals surface area contributed by atoms with E-state index in [-0.39, 0.29) is 6.04 Å². The van der Waals surface area contributed by atoms with Crippen LogP contribution in [0.25, 0.3) is 0 Å². The Labute approximate surface area is 129 Å². The Balaban J connectivity index is 3.14. The third-order valence-electron chi connectivity index (χ3n) is 3.94. The predicted octanol–water partition coefficient (Wildman–Crippen LogP) is 3.32. The smallest absolute Gasteiger partial charge is 0.119 e. The van der Waals surface area contributed by atoms with E-state index >= 15 is 0 Å². The average molecular weight is 288 g/mol. The van der Waals surface area contributed by atoms with Gasteiger partial charge >= 0.3 is 0 Å². The molecule has 3 heteroatoms. The van der Waals surface area contributed by atoms with E-state index < -0.39 is 5.54 Å². The molecule has 0 saturated heterocycles. The van der Waals surface area contributed by atoms with Crippen molar-refractivity contribution in [3.05, 3.63) is 55.1 Å². The van der Waals surface area contributed by atoms with Gasteiger partial charge in [-0.2, -0.15) is 0 Å². The summed E-state index contributed by atoms with van der Waals surface area (Å²) < 4.78 is 5.32. The number of rotatable bonds is 9. The van der Waals surface area contributed by atoms with Gasteiger partial charge in [-0.05, 0) is 31.0 Å². The molecular weight excluding hydrogens is 260 g/mol. The Bertz CT molecular complexity index is 458. The van der Waals surface area contributed by atoms with E-state index in [9.17, 15) is 0 Å². The predicted molar refractivity (Wildman–Crippen MR) is 90.6 cm³/mol. The summed E-state index contributed by atoms with van der Waals surface area (Å²) in [5.41, 5.74) is 7.31. The zero-order valence-corrected chi connectivity index (χ0v) is 13.5. The zero-order valence-electron chi connectivity index (χ0n) is 13.5. The largest absolute Gasteiger partial charge is 0.497 e. The highest BCUT2D eigenvalue weighted by atomic mass is 16.5. The molecule has 116 valence electrons. The number of nitrogens with zero attached hydrogens (tertiary/aromatic N) is 1. The van der Waals surface area contributed by atoms with E-state index in [1.165, 1.54) is 0 Å². The summed E-state index contributed by atoms with van der Waals surface area (Å²) in [4.78, 5) is 2.31. The fourth-order valence-electron chi connectivity index (χ4n) is 2.87. The second-order valence-corrected chi connectivity index (χ2v) is 5.47. The minimum atomic E-state index is -0.477. The maximum Gasteiger partial charge on any atom is 0.119 e. The SMILES string of the molecule is C=CCN(CC=C)C(CC)C(C)(N)c1cccc(OC)c1. The molecule has 0 bridgehead atoms. The van der Waals surface area contributed by atoms with Crippen molar-refractivity contribution in [3.63, 3.8) is 0 Å². The van der Waals surface area contributed by atoms with Crippen molar-refractivity contribution in [1.82, 2.24) is 4.90 Å². The summed E-state index contributed by atoms with van der Waals surface area (Å²) in [7, 11) is 1.67. The summed E-state index contributed by atoms with van der Waals surface area (Å²) in [6.07, 6.45) is 4.77. The number of ether oxygens (including phenoxy) is 1. The first kappa shape index (κ1) is 17.5. The Morgan fingerprint density at radius 2 is 1.95 bits per heavy atom. The molecule has 2 unspecified atom stereocenters. The van der Waals surface area contributed by atoms with Gasteiger partial charge in [-0.25, -0.2) is 0 Å². The second-order valence-electron chi connectivity index (χ2n) is 5.47. The average Bonchev–Trinajstić information content (AvgIpc) is 2.48. The lowest BCUT2D eigenvalue weighted by Crippen LogP contribution is -2.54. The number of benzene rings is 1. The first-order valence-corrected chi connectivity index (χ1v) is 7.40. The van der Waals surface area contributed by atoms with Crippen LogP contribution in [0.5, 0.6) is 5.75 Å². The van der Waals surface area contributed by atoms with Crippen molar-refractivity contribution >= 4 is 0 Å². The Hall–Kier alpha value is -1.58. The van der Waals surface area contributed by atoms with Gasteiger partial charge in [-0.3, -0.25) is 4.90 Å². The molecule has 3 nitrogen and oxygen atoms in total. The highest BCUT2D eigenvalue weighted by Gasteiger charge is 2.34. The van der Waals surface area contributed by atoms with E-state index in [1.807, 2.05) is 30.4 Å². The van der Waals surface area contributed by atoms with Crippen LogP contribution in [0.15, 0.2) is 49.6 Å². The van der Waals surface area contributed by atoms with Crippen LogP contribution in [0.1, 0.15) is 25.8 Å². The molecule has 1 aromatic carbocycles. The molecule has 0 amide bonds. The fraction of sp³-hybridized carbons (Fsp3) is 0.444. The number of methoxy groups -OCH3 is 1. The van der Waals surface area contributed by atoms with E-state index in [0.29, 0.717) is 0 Å². The molecule has 0 aliphatic heterocycles. The molecule has 0 aliphatic carbocycles. The van der Waals surface area contributed by atoms with Crippen molar-refractivity contribution in [2.24, 2.45) is 5.73 Å². The van der Waals surface area contributed by atoms with Crippen molar-refractivity contribution < 1.29 is 4.74 Å². The molecule has 0 heterocycles. The van der Waals surface area contributed by atoms with Gasteiger partial charge in [-0.15, -0.1) is 13.2 Å². The second kappa shape index (κ2) is 8.01. The van der Waals surface area contributed by atoms with Crippen LogP contribution in [0.4, 0.5) is 0 Å². The minimum Gasteiger partial charge on any atom is -0.497 e. The summed E-state index contributed by atoms with van der Waals surface area (Å²) >= 11 is 0. The number of hydrogen-bond donors (Lipinski definition) is 1. The van der Waals surface area contributed by atoms with E-state index in [0.717, 1.165) is 30.8 Å². The van der Waals surface area contributed by atoms with Gasteiger partial charge in [-0.1, -0.05) is 31.2 Å². The zero-order chi connectivity index (χ0) is 15.9. The summed E-state index contributed by atoms with van der Waals surface area (Å²) in [5.74, 6) is 0.831. The lowest BCUT2D eigenvalue weighted by atomic mass is 9.83. The van der Waals surface area contributed by atoms with Crippen LogP contribution in [-0.4, -0.2) is 31.1 Å². The standard InChI is InChI=1S/C18H28N2O/c1-6-12-20(13-7-2)17(8-3)18(4,19)15-10-9-11-16(14-15)21-5/h6-7,9-11,14,17H,1-2,8,12-13,19H2,3-5H3. The lowest BCUT2D eigenvalue weighted by Gasteiger charge is -2.41. The van der Waals surface area contributed by atoms with E-state index in [1.54, 1.807) is 7.11 Å². The third-order valence-corrected chi connectivity index (χ3v) is 3.94. The molecule has 0 radical (unpaired) electrons. The molecular formula is C18H28N2O. The normalized spacial score (nSPS) is 15.3. The van der Waals surface area contributed by atoms with Crippen molar-refractivity contribution in [2.45, 2.75) is 31.8 Å². The molecule has 1 rings (SSSR count). The van der Waals surface area contributed by atoms with Crippen molar-refractivity contribution in [1.29, 1.82) is 0 Å². The van der Waals surface area contributed by atoms with Crippen LogP contribution in [0.2, 0.25) is 0 Å². The Morgan fingerprint density at radius 3 is 2.43 bits per heavy atom. The molecule has 0 spiro atoms. The molecule has 0 saturated carbocycles. The topological polar surface area (TPSA) is 38.5 Å². The first-order chi connectivity index (χ1) is 10.0. The molecule has 0 aromatic heterocycles. The highest BCUT2D eigenvalue weighted by molar-refractivity contribution is 5.34. The first-order valence-electron chi connectivity index (χ1n) is 7.40. The van der Waals surface area contributed by atoms with Crippen LogP contribution in [0.3, 0.4) is 0 Å². The molecule has 1 aromatic rings.